The summed E-state index contributed by atoms with van der Waals surface area (Å²) in [5.41, 5.74) is 1.28. The maximum atomic E-state index is 11.9. The van der Waals surface area contributed by atoms with Crippen LogP contribution in [-0.2, 0) is 14.4 Å². The van der Waals surface area contributed by atoms with Crippen molar-refractivity contribution in [1.82, 2.24) is 5.32 Å². The van der Waals surface area contributed by atoms with Gasteiger partial charge in [0, 0.05) is 22.9 Å². The molecule has 0 rings (SSSR count). The molecule has 0 saturated heterocycles. The average Bonchev–Trinajstić information content (AvgIpc) is 2.75. The van der Waals surface area contributed by atoms with Crippen LogP contribution in [0.25, 0.3) is 0 Å². The first-order chi connectivity index (χ1) is 16.7. The van der Waals surface area contributed by atoms with Crippen LogP contribution in [0, 0.1) is 17.8 Å². The maximum absolute atomic E-state index is 11.9. The number of amides is 1. The van der Waals surface area contributed by atoms with Crippen LogP contribution in [0.5, 0.6) is 0 Å². The molecule has 38 heavy (non-hydrogen) atoms. The first-order valence-electron chi connectivity index (χ1n) is 13.7. The minimum Gasteiger partial charge on any atom is -0.550 e. The van der Waals surface area contributed by atoms with Crippen LogP contribution in [0.2, 0.25) is 0 Å². The number of carboxylic acids is 2. The third-order valence-corrected chi connectivity index (χ3v) is 8.13. The fourth-order valence-corrected chi connectivity index (χ4v) is 5.38. The van der Waals surface area contributed by atoms with Gasteiger partial charge in [-0.1, -0.05) is 84.3 Å². The quantitative estimate of drug-likeness (QED) is 0.135. The van der Waals surface area contributed by atoms with E-state index in [2.05, 4.69) is 46.0 Å². The van der Waals surface area contributed by atoms with Crippen molar-refractivity contribution in [2.45, 2.75) is 130 Å². The maximum Gasteiger partial charge on any atom is 1.00 e. The molecule has 6 nitrogen and oxygen atoms in total. The molecule has 0 aromatic carbocycles. The summed E-state index contributed by atoms with van der Waals surface area (Å²) in [4.78, 5) is 34.1. The standard InChI is InChI=1S/C29H53NO5S.2Na/c1-21(2)11-8-12-22(3)13-9-14-23(4)15-10-16-24(5)19-20-36-29(6,7)27(28(34)35)30-25(31)17-18-26(32)33;;/h19,21-23,27H,8-18,20H2,1-7H3,(H,30,31)(H,32,33)(H,34,35);;/q;2*+1/p-2/b24-19+;;/t22?,23?,27-;;/m1../s1. The van der Waals surface area contributed by atoms with Crippen LogP contribution >= 0.6 is 11.8 Å². The molecular weight excluding hydrogens is 520 g/mol. The van der Waals surface area contributed by atoms with Crippen LogP contribution in [0.15, 0.2) is 11.6 Å². The number of thioether (sulfide) groups is 1. The Labute approximate surface area is 281 Å². The van der Waals surface area contributed by atoms with Gasteiger partial charge in [0.1, 0.15) is 0 Å². The van der Waals surface area contributed by atoms with Crippen molar-refractivity contribution < 1.29 is 83.7 Å². The second kappa shape index (κ2) is 24.1. The summed E-state index contributed by atoms with van der Waals surface area (Å²) in [5, 5.41) is 24.5. The summed E-state index contributed by atoms with van der Waals surface area (Å²) in [6.45, 7) is 14.9. The van der Waals surface area contributed by atoms with Crippen LogP contribution in [0.1, 0.15) is 119 Å². The number of nitrogens with one attached hydrogen (secondary N) is 1. The molecule has 0 fully saturated rings. The summed E-state index contributed by atoms with van der Waals surface area (Å²) in [7, 11) is 0. The summed E-state index contributed by atoms with van der Waals surface area (Å²) < 4.78 is -0.812. The minimum absolute atomic E-state index is 0. The Morgan fingerprint density at radius 2 is 1.32 bits per heavy atom. The average molecular weight is 572 g/mol. The van der Waals surface area contributed by atoms with Crippen molar-refractivity contribution in [2.24, 2.45) is 17.8 Å². The van der Waals surface area contributed by atoms with E-state index in [1.165, 1.54) is 62.3 Å². The molecule has 1 N–H and O–H groups in total. The van der Waals surface area contributed by atoms with Crippen molar-refractivity contribution >= 4 is 29.6 Å². The van der Waals surface area contributed by atoms with Gasteiger partial charge < -0.3 is 25.1 Å². The molecule has 0 spiro atoms. The predicted octanol–water partition coefficient (Wildman–Crippen LogP) is -1.34. The molecule has 210 valence electrons. The number of hydrogen-bond donors (Lipinski definition) is 1. The number of rotatable bonds is 21. The molecule has 0 aromatic rings. The topological polar surface area (TPSA) is 109 Å². The van der Waals surface area contributed by atoms with Crippen LogP contribution in [-0.4, -0.2) is 34.4 Å². The van der Waals surface area contributed by atoms with Crippen LogP contribution in [0.4, 0.5) is 0 Å². The summed E-state index contributed by atoms with van der Waals surface area (Å²) in [6, 6.07) is -1.22. The van der Waals surface area contributed by atoms with Gasteiger partial charge in [-0.25, -0.2) is 0 Å². The Morgan fingerprint density at radius 1 is 0.816 bits per heavy atom. The van der Waals surface area contributed by atoms with E-state index in [9.17, 15) is 24.6 Å². The number of carbonyl (C=O) groups is 3. The number of carboxylic acid groups (broad SMARTS) is 2. The summed E-state index contributed by atoms with van der Waals surface area (Å²) >= 11 is 1.43. The molecule has 0 heterocycles. The van der Waals surface area contributed by atoms with E-state index in [-0.39, 0.29) is 65.5 Å². The normalized spacial score (nSPS) is 14.2. The molecule has 0 aliphatic heterocycles. The molecule has 9 heteroatoms. The Hall–Kier alpha value is 0.500. The molecule has 0 radical (unpaired) electrons. The van der Waals surface area contributed by atoms with Crippen LogP contribution < -0.4 is 74.6 Å². The van der Waals surface area contributed by atoms with Gasteiger partial charge in [0.05, 0.1) is 12.0 Å². The van der Waals surface area contributed by atoms with E-state index in [0.717, 1.165) is 30.6 Å². The molecule has 0 aromatic heterocycles. The second-order valence-corrected chi connectivity index (χ2v) is 13.2. The van der Waals surface area contributed by atoms with Gasteiger partial charge in [0.25, 0.3) is 0 Å². The molecule has 0 aliphatic rings. The summed E-state index contributed by atoms with van der Waals surface area (Å²) in [6.07, 6.45) is 12.7. The van der Waals surface area contributed by atoms with E-state index in [0.29, 0.717) is 5.75 Å². The van der Waals surface area contributed by atoms with Gasteiger partial charge in [-0.05, 0) is 57.8 Å². The molecule has 2 unspecified atom stereocenters. The Bertz CT molecular complexity index is 700. The molecule has 0 aliphatic carbocycles. The zero-order valence-corrected chi connectivity index (χ0v) is 30.6. The number of allylic oxidation sites excluding steroid dienone is 1. The van der Waals surface area contributed by atoms with Crippen molar-refractivity contribution in [3.05, 3.63) is 11.6 Å². The predicted molar refractivity (Wildman–Crippen MR) is 146 cm³/mol. The molecular formula is C29H51NNa2O5S. The Kier molecular flexibility index (Phi) is 27.3. The number of aliphatic carboxylic acids is 2. The number of carbonyl (C=O) groups excluding carboxylic acids is 3. The summed E-state index contributed by atoms with van der Waals surface area (Å²) in [5.74, 6) is -0.366. The van der Waals surface area contributed by atoms with E-state index >= 15 is 0 Å². The third-order valence-electron chi connectivity index (χ3n) is 6.82. The van der Waals surface area contributed by atoms with Gasteiger partial charge in [0.2, 0.25) is 5.91 Å². The molecule has 0 saturated carbocycles. The second-order valence-electron chi connectivity index (χ2n) is 11.5. The molecule has 0 bridgehead atoms. The van der Waals surface area contributed by atoms with Crippen molar-refractivity contribution in [2.75, 3.05) is 5.75 Å². The van der Waals surface area contributed by atoms with Gasteiger partial charge >= 0.3 is 59.1 Å². The Balaban J connectivity index is -0.00000612. The zero-order chi connectivity index (χ0) is 27.7. The van der Waals surface area contributed by atoms with Crippen molar-refractivity contribution in [1.29, 1.82) is 0 Å². The van der Waals surface area contributed by atoms with Crippen molar-refractivity contribution in [3.8, 4) is 0 Å². The van der Waals surface area contributed by atoms with Gasteiger partial charge in [-0.15, -0.1) is 11.8 Å². The number of hydrogen-bond acceptors (Lipinski definition) is 6. The monoisotopic (exact) mass is 571 g/mol. The van der Waals surface area contributed by atoms with Gasteiger partial charge in [-0.3, -0.25) is 4.79 Å². The van der Waals surface area contributed by atoms with Crippen molar-refractivity contribution in [3.63, 3.8) is 0 Å². The van der Waals surface area contributed by atoms with E-state index in [1.54, 1.807) is 13.8 Å². The van der Waals surface area contributed by atoms with Gasteiger partial charge in [0.15, 0.2) is 0 Å². The largest absolute Gasteiger partial charge is 1.00 e. The fraction of sp³-hybridized carbons (Fsp3) is 0.828. The molecule has 3 atom stereocenters. The zero-order valence-electron chi connectivity index (χ0n) is 25.8. The smallest absolute Gasteiger partial charge is 0.550 e. The first kappa shape index (κ1) is 43.0. The molecule has 1 amide bonds. The first-order valence-corrected chi connectivity index (χ1v) is 14.7. The van der Waals surface area contributed by atoms with Gasteiger partial charge in [-0.2, -0.15) is 0 Å². The van der Waals surface area contributed by atoms with E-state index in [4.69, 9.17) is 0 Å². The van der Waals surface area contributed by atoms with E-state index in [1.807, 2.05) is 0 Å². The SMILES string of the molecule is C/C(=C\CSC(C)(C)[C@H](NC(=O)CCC(=O)[O-])C(=O)[O-])CCCC(C)CCCC(C)CCCC(C)C.[Na+].[Na+]. The van der Waals surface area contributed by atoms with Crippen LogP contribution in [0.3, 0.4) is 0 Å². The Morgan fingerprint density at radius 3 is 1.79 bits per heavy atom. The minimum atomic E-state index is -1.38. The third kappa shape index (κ3) is 23.2. The fourth-order valence-electron chi connectivity index (χ4n) is 4.26. The van der Waals surface area contributed by atoms with E-state index < -0.39 is 35.1 Å².